The first-order chi connectivity index (χ1) is 25.7. The zero-order valence-corrected chi connectivity index (χ0v) is 34.1. The van der Waals surface area contributed by atoms with Gasteiger partial charge in [0.1, 0.15) is 6.61 Å². The number of unbranched alkanes of at least 4 members (excludes halogenated alkanes) is 22. The van der Waals surface area contributed by atoms with Gasteiger partial charge in [0, 0.05) is 11.1 Å². The summed E-state index contributed by atoms with van der Waals surface area (Å²) in [4.78, 5) is 34.4. The zero-order chi connectivity index (χ0) is 39.2. The van der Waals surface area contributed by atoms with Crippen LogP contribution in [-0.4, -0.2) is 72.1 Å². The minimum Gasteiger partial charge on any atom is -0.467 e. The molecule has 0 aromatic carbocycles. The number of aliphatic hydroxyl groups is 1. The summed E-state index contributed by atoms with van der Waals surface area (Å²) in [6, 6.07) is 0.361. The van der Waals surface area contributed by atoms with E-state index in [1.54, 1.807) is 13.8 Å². The lowest BCUT2D eigenvalue weighted by Gasteiger charge is -2.08. The molecule has 0 bridgehead atoms. The second kappa shape index (κ2) is 37.1. The first-order valence-corrected chi connectivity index (χ1v) is 20.6. The molecular weight excluding hydrogens is 674 g/mol. The van der Waals surface area contributed by atoms with Gasteiger partial charge in [-0.05, 0) is 33.1 Å². The van der Waals surface area contributed by atoms with Crippen LogP contribution in [-0.2, 0) is 19.1 Å². The van der Waals surface area contributed by atoms with Gasteiger partial charge in [0.15, 0.2) is 0 Å². The Hall–Kier alpha value is -3.21. The molecule has 0 radical (unpaired) electrons. The van der Waals surface area contributed by atoms with Gasteiger partial charge in [0.2, 0.25) is 0 Å². The normalized spacial score (nSPS) is 10.6. The highest BCUT2D eigenvalue weighted by Gasteiger charge is 2.09. The second-order valence-electron chi connectivity index (χ2n) is 13.8. The van der Waals surface area contributed by atoms with Gasteiger partial charge in [-0.15, -0.1) is 15.0 Å². The highest BCUT2D eigenvalue weighted by Crippen LogP contribution is 2.16. The van der Waals surface area contributed by atoms with E-state index in [-0.39, 0.29) is 43.2 Å². The molecule has 11 heteroatoms. The van der Waals surface area contributed by atoms with Gasteiger partial charge < -0.3 is 28.8 Å². The Morgan fingerprint density at radius 1 is 0.491 bits per heavy atom. The molecule has 1 N–H and O–H groups in total. The summed E-state index contributed by atoms with van der Waals surface area (Å²) in [6.07, 6.45) is 30.0. The van der Waals surface area contributed by atoms with Crippen LogP contribution >= 0.6 is 0 Å². The topological polar surface area (TPSA) is 139 Å². The molecule has 0 atom stereocenters. The third-order valence-electron chi connectivity index (χ3n) is 8.51. The summed E-state index contributed by atoms with van der Waals surface area (Å²) in [6.45, 7) is 14.3. The van der Waals surface area contributed by atoms with Crippen LogP contribution in [0.5, 0.6) is 18.0 Å². The van der Waals surface area contributed by atoms with E-state index in [4.69, 9.17) is 28.8 Å². The van der Waals surface area contributed by atoms with Gasteiger partial charge in [0.05, 0.1) is 33.5 Å². The minimum absolute atomic E-state index is 0.0760. The van der Waals surface area contributed by atoms with Crippen LogP contribution in [0.15, 0.2) is 24.3 Å². The molecule has 1 aromatic rings. The number of nitrogens with zero attached hydrogens (tertiary/aromatic N) is 3. The SMILES string of the molecule is C=C(C)C(=O)OCCCCCCCCCCCCCCC.C=C(C)C(=O)OCCCCCCCCCCCCCOc1nc(OC)nc(OCCO)n1. The molecular formula is C42H75N3O8. The summed E-state index contributed by atoms with van der Waals surface area (Å²) >= 11 is 0. The first kappa shape index (κ1) is 49.8. The molecule has 0 aliphatic carbocycles. The van der Waals surface area contributed by atoms with Gasteiger partial charge in [-0.1, -0.05) is 155 Å². The van der Waals surface area contributed by atoms with Crippen molar-refractivity contribution in [1.82, 2.24) is 15.0 Å². The van der Waals surface area contributed by atoms with E-state index >= 15 is 0 Å². The number of carbonyl (C=O) groups excluding carboxylic acids is 2. The predicted molar refractivity (Wildman–Crippen MR) is 212 cm³/mol. The number of hydrogen-bond donors (Lipinski definition) is 1. The van der Waals surface area contributed by atoms with Crippen molar-refractivity contribution in [3.8, 4) is 18.0 Å². The van der Waals surface area contributed by atoms with Gasteiger partial charge in [-0.25, -0.2) is 9.59 Å². The van der Waals surface area contributed by atoms with E-state index in [9.17, 15) is 9.59 Å². The molecule has 0 aliphatic rings. The van der Waals surface area contributed by atoms with Crippen LogP contribution in [0.4, 0.5) is 0 Å². The van der Waals surface area contributed by atoms with E-state index in [0.717, 1.165) is 32.1 Å². The van der Waals surface area contributed by atoms with Gasteiger partial charge in [-0.3, -0.25) is 0 Å². The van der Waals surface area contributed by atoms with Gasteiger partial charge >= 0.3 is 30.0 Å². The molecule has 0 amide bonds. The largest absolute Gasteiger partial charge is 0.467 e. The molecule has 1 rings (SSSR count). The average molecular weight is 750 g/mol. The molecule has 0 saturated carbocycles. The Morgan fingerprint density at radius 2 is 0.792 bits per heavy atom. The van der Waals surface area contributed by atoms with E-state index in [0.29, 0.717) is 31.0 Å². The summed E-state index contributed by atoms with van der Waals surface area (Å²) in [7, 11) is 1.46. The highest BCUT2D eigenvalue weighted by atomic mass is 16.5. The van der Waals surface area contributed by atoms with Crippen molar-refractivity contribution >= 4 is 11.9 Å². The number of aromatic nitrogens is 3. The maximum Gasteiger partial charge on any atom is 0.333 e. The molecule has 0 aliphatic heterocycles. The van der Waals surface area contributed by atoms with E-state index in [1.807, 2.05) is 0 Å². The Labute approximate surface area is 322 Å². The monoisotopic (exact) mass is 750 g/mol. The lowest BCUT2D eigenvalue weighted by atomic mass is 10.0. The van der Waals surface area contributed by atoms with E-state index < -0.39 is 0 Å². The molecule has 0 fully saturated rings. The van der Waals surface area contributed by atoms with Crippen molar-refractivity contribution in [2.45, 2.75) is 175 Å². The summed E-state index contributed by atoms with van der Waals surface area (Å²) in [5.74, 6) is -0.547. The van der Waals surface area contributed by atoms with Crippen LogP contribution in [0.3, 0.4) is 0 Å². The number of rotatable bonds is 35. The lowest BCUT2D eigenvalue weighted by molar-refractivity contribution is -0.139. The fourth-order valence-corrected chi connectivity index (χ4v) is 5.33. The molecule has 11 nitrogen and oxygen atoms in total. The summed E-state index contributed by atoms with van der Waals surface area (Å²) < 4.78 is 25.9. The van der Waals surface area contributed by atoms with Crippen LogP contribution in [0.1, 0.15) is 175 Å². The number of aliphatic hydroxyl groups excluding tert-OH is 1. The molecule has 1 heterocycles. The standard InChI is InChI=1S/C23H39N3O6.C19H36O2/c1-19(2)20(28)30-16-13-11-9-7-5-4-6-8-10-12-14-17-31-22-24-21(29-3)25-23(26-22)32-18-15-27;1-4-5-6-7-8-9-10-11-12-13-14-15-16-17-21-19(20)18(2)3/h27H,1,4-18H2,2-3H3;2,4-17H2,1,3H3. The molecule has 1 aromatic heterocycles. The third kappa shape index (κ3) is 33.1. The predicted octanol–water partition coefficient (Wildman–Crippen LogP) is 10.2. The number of hydrogen-bond acceptors (Lipinski definition) is 11. The van der Waals surface area contributed by atoms with Crippen LogP contribution < -0.4 is 14.2 Å². The van der Waals surface area contributed by atoms with Crippen molar-refractivity contribution in [2.75, 3.05) is 40.1 Å². The molecule has 306 valence electrons. The number of methoxy groups -OCH3 is 1. The van der Waals surface area contributed by atoms with E-state index in [2.05, 4.69) is 35.0 Å². The van der Waals surface area contributed by atoms with Crippen LogP contribution in [0.2, 0.25) is 0 Å². The molecule has 0 unspecified atom stereocenters. The van der Waals surface area contributed by atoms with Crippen molar-refractivity contribution in [1.29, 1.82) is 0 Å². The number of carbonyl (C=O) groups is 2. The van der Waals surface area contributed by atoms with Gasteiger partial charge in [0.25, 0.3) is 0 Å². The number of ether oxygens (including phenoxy) is 5. The quantitative estimate of drug-likeness (QED) is 0.0403. The second-order valence-corrected chi connectivity index (χ2v) is 13.8. The fourth-order valence-electron chi connectivity index (χ4n) is 5.33. The maximum absolute atomic E-state index is 11.2. The van der Waals surface area contributed by atoms with Crippen molar-refractivity contribution in [3.63, 3.8) is 0 Å². The fraction of sp³-hybridized carbons (Fsp3) is 0.786. The Bertz CT molecular complexity index is 1070. The smallest absolute Gasteiger partial charge is 0.333 e. The van der Waals surface area contributed by atoms with Gasteiger partial charge in [-0.2, -0.15) is 0 Å². The molecule has 0 saturated heterocycles. The summed E-state index contributed by atoms with van der Waals surface area (Å²) in [5.41, 5.74) is 0.949. The first-order valence-electron chi connectivity index (χ1n) is 20.6. The van der Waals surface area contributed by atoms with E-state index in [1.165, 1.54) is 129 Å². The molecule has 0 spiro atoms. The van der Waals surface area contributed by atoms with Crippen LogP contribution in [0, 0.1) is 0 Å². The zero-order valence-electron chi connectivity index (χ0n) is 34.1. The summed E-state index contributed by atoms with van der Waals surface area (Å²) in [5, 5.41) is 8.82. The number of esters is 2. The van der Waals surface area contributed by atoms with Crippen molar-refractivity contribution in [2.24, 2.45) is 0 Å². The van der Waals surface area contributed by atoms with Crippen LogP contribution in [0.25, 0.3) is 0 Å². The lowest BCUT2D eigenvalue weighted by Crippen LogP contribution is -2.09. The average Bonchev–Trinajstić information content (AvgIpc) is 3.15. The van der Waals surface area contributed by atoms with Crippen molar-refractivity contribution < 1.29 is 38.4 Å². The third-order valence-corrected chi connectivity index (χ3v) is 8.51. The Morgan fingerprint density at radius 3 is 1.11 bits per heavy atom. The minimum atomic E-state index is -0.291. The Kier molecular flexibility index (Phi) is 34.9. The molecule has 53 heavy (non-hydrogen) atoms. The van der Waals surface area contributed by atoms with Crippen molar-refractivity contribution in [3.05, 3.63) is 24.3 Å². The maximum atomic E-state index is 11.2. The Balaban J connectivity index is 0.00000112. The highest BCUT2D eigenvalue weighted by molar-refractivity contribution is 5.87.